The molecule has 0 atom stereocenters. The van der Waals surface area contributed by atoms with Crippen molar-refractivity contribution >= 4 is 17.9 Å². The van der Waals surface area contributed by atoms with Gasteiger partial charge in [-0.25, -0.2) is 4.79 Å². The number of carbonyl (C=O) groups excluding carboxylic acids is 3. The Labute approximate surface area is 137 Å². The number of carbonyl (C=O) groups is 3. The summed E-state index contributed by atoms with van der Waals surface area (Å²) >= 11 is 0. The average molecular weight is 325 g/mol. The minimum atomic E-state index is -0.700. The second kappa shape index (κ2) is 6.37. The van der Waals surface area contributed by atoms with E-state index in [-0.39, 0.29) is 23.9 Å². The molecule has 0 spiro atoms. The monoisotopic (exact) mass is 325 g/mol. The first kappa shape index (κ1) is 17.6. The van der Waals surface area contributed by atoms with E-state index in [2.05, 4.69) is 10.6 Å². The quantitative estimate of drug-likeness (QED) is 0.815. The summed E-state index contributed by atoms with van der Waals surface area (Å²) in [5.41, 5.74) is -1.20. The minimum Gasteiger partial charge on any atom is -0.444 e. The molecule has 2 fully saturated rings. The molecular formula is C16H27N3O4. The Morgan fingerprint density at radius 2 is 1.70 bits per heavy atom. The molecule has 7 nitrogen and oxygen atoms in total. The van der Waals surface area contributed by atoms with E-state index in [9.17, 15) is 14.4 Å². The van der Waals surface area contributed by atoms with Crippen molar-refractivity contribution in [2.75, 3.05) is 13.1 Å². The normalized spacial score (nSPS) is 20.6. The first-order chi connectivity index (χ1) is 10.6. The highest BCUT2D eigenvalue weighted by Gasteiger charge is 2.51. The summed E-state index contributed by atoms with van der Waals surface area (Å²) < 4.78 is 5.35. The van der Waals surface area contributed by atoms with Crippen LogP contribution in [0.2, 0.25) is 0 Å². The Kier molecular flexibility index (Phi) is 4.87. The van der Waals surface area contributed by atoms with E-state index in [1.54, 1.807) is 4.90 Å². The van der Waals surface area contributed by atoms with Crippen molar-refractivity contribution < 1.29 is 19.1 Å². The van der Waals surface area contributed by atoms with Gasteiger partial charge >= 0.3 is 6.09 Å². The molecule has 0 aromatic heterocycles. The zero-order valence-corrected chi connectivity index (χ0v) is 14.4. The Hall–Kier alpha value is -1.79. The third kappa shape index (κ3) is 4.84. The maximum Gasteiger partial charge on any atom is 0.410 e. The van der Waals surface area contributed by atoms with Gasteiger partial charge in [-0.3, -0.25) is 9.59 Å². The van der Waals surface area contributed by atoms with E-state index in [0.29, 0.717) is 38.8 Å². The number of hydrogen-bond acceptors (Lipinski definition) is 4. The van der Waals surface area contributed by atoms with Crippen LogP contribution in [0.25, 0.3) is 0 Å². The number of amides is 3. The molecule has 1 aliphatic carbocycles. The van der Waals surface area contributed by atoms with E-state index in [1.807, 2.05) is 20.8 Å². The Bertz CT molecular complexity index is 486. The van der Waals surface area contributed by atoms with Crippen LogP contribution >= 0.6 is 0 Å². The Morgan fingerprint density at radius 1 is 1.13 bits per heavy atom. The second-order valence-electron chi connectivity index (χ2n) is 7.48. The van der Waals surface area contributed by atoms with Gasteiger partial charge in [0, 0.05) is 26.1 Å². The Morgan fingerprint density at radius 3 is 2.13 bits per heavy atom. The maximum absolute atomic E-state index is 12.3. The maximum atomic E-state index is 12.3. The fourth-order valence-corrected chi connectivity index (χ4v) is 2.73. The van der Waals surface area contributed by atoms with Crippen LogP contribution in [0, 0.1) is 0 Å². The molecule has 0 aromatic rings. The molecule has 0 unspecified atom stereocenters. The van der Waals surface area contributed by atoms with Gasteiger partial charge in [0.1, 0.15) is 11.1 Å². The molecule has 1 heterocycles. The standard InChI is InChI=1S/C16H27N3O4/c1-11(20)18-16(7-8-16)13(21)17-12-5-9-19(10-6-12)14(22)23-15(2,3)4/h12H,5-10H2,1-4H3,(H,17,21)(H,18,20). The van der Waals surface area contributed by atoms with E-state index < -0.39 is 11.1 Å². The van der Waals surface area contributed by atoms with Crippen LogP contribution < -0.4 is 10.6 Å². The van der Waals surface area contributed by atoms with Gasteiger partial charge in [-0.2, -0.15) is 0 Å². The van der Waals surface area contributed by atoms with Crippen molar-refractivity contribution in [3.63, 3.8) is 0 Å². The lowest BCUT2D eigenvalue weighted by Crippen LogP contribution is -2.54. The Balaban J connectivity index is 1.78. The molecule has 0 radical (unpaired) electrons. The van der Waals surface area contributed by atoms with Gasteiger partial charge in [-0.1, -0.05) is 0 Å². The summed E-state index contributed by atoms with van der Waals surface area (Å²) in [6.07, 6.45) is 2.46. The zero-order chi connectivity index (χ0) is 17.3. The van der Waals surface area contributed by atoms with Crippen molar-refractivity contribution in [3.8, 4) is 0 Å². The third-order valence-corrected chi connectivity index (χ3v) is 4.08. The number of rotatable bonds is 3. The second-order valence-corrected chi connectivity index (χ2v) is 7.48. The third-order valence-electron chi connectivity index (χ3n) is 4.08. The largest absolute Gasteiger partial charge is 0.444 e. The molecule has 130 valence electrons. The van der Waals surface area contributed by atoms with Gasteiger partial charge < -0.3 is 20.3 Å². The van der Waals surface area contributed by atoms with Crippen molar-refractivity contribution in [3.05, 3.63) is 0 Å². The number of ether oxygens (including phenoxy) is 1. The molecule has 0 bridgehead atoms. The van der Waals surface area contributed by atoms with Crippen LogP contribution in [0.1, 0.15) is 53.4 Å². The van der Waals surface area contributed by atoms with Gasteiger partial charge in [0.05, 0.1) is 0 Å². The molecule has 23 heavy (non-hydrogen) atoms. The predicted octanol–water partition coefficient (Wildman–Crippen LogP) is 1.17. The first-order valence-electron chi connectivity index (χ1n) is 8.19. The number of hydrogen-bond donors (Lipinski definition) is 2. The number of piperidine rings is 1. The molecule has 2 aliphatic rings. The van der Waals surface area contributed by atoms with Crippen molar-refractivity contribution in [1.82, 2.24) is 15.5 Å². The highest BCUT2D eigenvalue weighted by Crippen LogP contribution is 2.35. The van der Waals surface area contributed by atoms with Crippen molar-refractivity contribution in [1.29, 1.82) is 0 Å². The molecule has 3 amide bonds. The predicted molar refractivity (Wildman–Crippen MR) is 84.8 cm³/mol. The smallest absolute Gasteiger partial charge is 0.410 e. The molecular weight excluding hydrogens is 298 g/mol. The highest BCUT2D eigenvalue weighted by molar-refractivity contribution is 5.93. The van der Waals surface area contributed by atoms with Crippen LogP contribution in [0.5, 0.6) is 0 Å². The number of nitrogens with zero attached hydrogens (tertiary/aromatic N) is 1. The molecule has 1 saturated carbocycles. The zero-order valence-electron chi connectivity index (χ0n) is 14.4. The van der Waals surface area contributed by atoms with E-state index in [4.69, 9.17) is 4.74 Å². The SMILES string of the molecule is CC(=O)NC1(C(=O)NC2CCN(C(=O)OC(C)(C)C)CC2)CC1. The lowest BCUT2D eigenvalue weighted by molar-refractivity contribution is -0.129. The number of nitrogens with one attached hydrogen (secondary N) is 2. The van der Waals surface area contributed by atoms with Crippen LogP contribution in [0.3, 0.4) is 0 Å². The van der Waals surface area contributed by atoms with Crippen LogP contribution in [0.15, 0.2) is 0 Å². The molecule has 0 aromatic carbocycles. The van der Waals surface area contributed by atoms with Gasteiger partial charge in [-0.05, 0) is 46.5 Å². The van der Waals surface area contributed by atoms with Gasteiger partial charge in [0.15, 0.2) is 0 Å². The molecule has 1 saturated heterocycles. The lowest BCUT2D eigenvalue weighted by Gasteiger charge is -2.34. The highest BCUT2D eigenvalue weighted by atomic mass is 16.6. The fraction of sp³-hybridized carbons (Fsp3) is 0.812. The van der Waals surface area contributed by atoms with Crippen molar-refractivity contribution in [2.24, 2.45) is 0 Å². The summed E-state index contributed by atoms with van der Waals surface area (Å²) in [5, 5.41) is 5.74. The summed E-state index contributed by atoms with van der Waals surface area (Å²) in [7, 11) is 0. The molecule has 2 rings (SSSR count). The van der Waals surface area contributed by atoms with Crippen LogP contribution in [-0.2, 0) is 14.3 Å². The van der Waals surface area contributed by atoms with E-state index >= 15 is 0 Å². The summed E-state index contributed by atoms with van der Waals surface area (Å²) in [6.45, 7) is 8.07. The van der Waals surface area contributed by atoms with E-state index in [0.717, 1.165) is 0 Å². The van der Waals surface area contributed by atoms with Crippen LogP contribution in [0.4, 0.5) is 4.79 Å². The summed E-state index contributed by atoms with van der Waals surface area (Å²) in [5.74, 6) is -0.291. The fourth-order valence-electron chi connectivity index (χ4n) is 2.73. The van der Waals surface area contributed by atoms with Crippen LogP contribution in [-0.4, -0.2) is 53.1 Å². The topological polar surface area (TPSA) is 87.7 Å². The minimum absolute atomic E-state index is 0.0346. The first-order valence-corrected chi connectivity index (χ1v) is 8.19. The lowest BCUT2D eigenvalue weighted by atomic mass is 10.0. The van der Waals surface area contributed by atoms with Crippen molar-refractivity contribution in [2.45, 2.75) is 70.6 Å². The van der Waals surface area contributed by atoms with Gasteiger partial charge in [0.25, 0.3) is 0 Å². The summed E-state index contributed by atoms with van der Waals surface area (Å²) in [6, 6.07) is 0.0346. The average Bonchev–Trinajstić information content (AvgIpc) is 3.17. The summed E-state index contributed by atoms with van der Waals surface area (Å²) in [4.78, 5) is 37.2. The van der Waals surface area contributed by atoms with Gasteiger partial charge in [0.2, 0.25) is 11.8 Å². The molecule has 7 heteroatoms. The molecule has 2 N–H and O–H groups in total. The molecule has 1 aliphatic heterocycles. The number of likely N-dealkylation sites (tertiary alicyclic amines) is 1. The van der Waals surface area contributed by atoms with Gasteiger partial charge in [-0.15, -0.1) is 0 Å². The van der Waals surface area contributed by atoms with E-state index in [1.165, 1.54) is 6.92 Å².